The molecule has 0 aliphatic heterocycles. The van der Waals surface area contributed by atoms with E-state index in [4.69, 9.17) is 10.00 Å². The Morgan fingerprint density at radius 2 is 2.00 bits per heavy atom. The first-order chi connectivity index (χ1) is 11.7. The van der Waals surface area contributed by atoms with E-state index in [1.807, 2.05) is 54.6 Å². The molecule has 4 heteroatoms. The molecule has 120 valence electrons. The van der Waals surface area contributed by atoms with E-state index in [1.54, 1.807) is 12.1 Å². The molecule has 0 saturated carbocycles. The fraction of sp³-hybridized carbons (Fsp3) is 0.100. The van der Waals surface area contributed by atoms with E-state index < -0.39 is 5.91 Å². The van der Waals surface area contributed by atoms with Crippen molar-refractivity contribution < 1.29 is 9.53 Å². The Labute approximate surface area is 141 Å². The summed E-state index contributed by atoms with van der Waals surface area (Å²) in [6, 6.07) is 19.0. The number of ether oxygens (including phenoxy) is 1. The lowest BCUT2D eigenvalue weighted by atomic mass is 10.1. The number of carbonyl (C=O) groups is 1. The van der Waals surface area contributed by atoms with E-state index in [2.05, 4.69) is 11.9 Å². The first-order valence-electron chi connectivity index (χ1n) is 7.50. The van der Waals surface area contributed by atoms with Crippen molar-refractivity contribution in [3.05, 3.63) is 84.0 Å². The van der Waals surface area contributed by atoms with Crippen LogP contribution < -0.4 is 10.1 Å². The Kier molecular flexibility index (Phi) is 6.36. The Hall–Kier alpha value is -3.32. The SMILES string of the molecule is C=CCNC(=O)/C(C#N)=C/c1cccc(OCc2ccccc2)c1. The summed E-state index contributed by atoms with van der Waals surface area (Å²) in [5, 5.41) is 11.7. The maximum absolute atomic E-state index is 11.9. The van der Waals surface area contributed by atoms with Crippen molar-refractivity contribution in [1.82, 2.24) is 5.32 Å². The molecule has 0 bridgehead atoms. The monoisotopic (exact) mass is 318 g/mol. The lowest BCUT2D eigenvalue weighted by Crippen LogP contribution is -2.24. The van der Waals surface area contributed by atoms with Crippen LogP contribution in [0.4, 0.5) is 0 Å². The molecule has 24 heavy (non-hydrogen) atoms. The predicted octanol–water partition coefficient (Wildman–Crippen LogP) is 3.47. The summed E-state index contributed by atoms with van der Waals surface area (Å²) in [4.78, 5) is 11.9. The van der Waals surface area contributed by atoms with E-state index in [-0.39, 0.29) is 5.57 Å². The van der Waals surface area contributed by atoms with Crippen molar-refractivity contribution in [1.29, 1.82) is 5.26 Å². The summed E-state index contributed by atoms with van der Waals surface area (Å²) in [5.74, 6) is 0.254. The number of rotatable bonds is 7. The smallest absolute Gasteiger partial charge is 0.262 e. The summed E-state index contributed by atoms with van der Waals surface area (Å²) in [6.45, 7) is 4.30. The third-order valence-corrected chi connectivity index (χ3v) is 3.19. The minimum atomic E-state index is -0.423. The van der Waals surface area contributed by atoms with Gasteiger partial charge in [-0.1, -0.05) is 48.5 Å². The summed E-state index contributed by atoms with van der Waals surface area (Å²) >= 11 is 0. The first kappa shape index (κ1) is 17.0. The Morgan fingerprint density at radius 1 is 1.21 bits per heavy atom. The van der Waals surface area contributed by atoms with Crippen LogP contribution in [0.1, 0.15) is 11.1 Å². The van der Waals surface area contributed by atoms with Crippen LogP contribution in [0.15, 0.2) is 72.8 Å². The summed E-state index contributed by atoms with van der Waals surface area (Å²) < 4.78 is 5.75. The van der Waals surface area contributed by atoms with Crippen LogP contribution in [0.2, 0.25) is 0 Å². The molecule has 0 radical (unpaired) electrons. The maximum atomic E-state index is 11.9. The van der Waals surface area contributed by atoms with Gasteiger partial charge in [-0.25, -0.2) is 0 Å². The molecule has 0 atom stereocenters. The van der Waals surface area contributed by atoms with Crippen molar-refractivity contribution in [3.8, 4) is 11.8 Å². The minimum absolute atomic E-state index is 0.0389. The van der Waals surface area contributed by atoms with E-state index >= 15 is 0 Å². The zero-order valence-corrected chi connectivity index (χ0v) is 13.2. The fourth-order valence-corrected chi connectivity index (χ4v) is 2.01. The molecule has 2 rings (SSSR count). The highest BCUT2D eigenvalue weighted by Gasteiger charge is 2.07. The van der Waals surface area contributed by atoms with Crippen LogP contribution >= 0.6 is 0 Å². The van der Waals surface area contributed by atoms with Gasteiger partial charge >= 0.3 is 0 Å². The first-order valence-corrected chi connectivity index (χ1v) is 7.50. The highest BCUT2D eigenvalue weighted by Crippen LogP contribution is 2.17. The lowest BCUT2D eigenvalue weighted by Gasteiger charge is -2.07. The molecule has 2 aromatic rings. The van der Waals surface area contributed by atoms with E-state index in [0.29, 0.717) is 18.9 Å². The van der Waals surface area contributed by atoms with Crippen molar-refractivity contribution in [3.63, 3.8) is 0 Å². The van der Waals surface area contributed by atoms with E-state index in [0.717, 1.165) is 11.1 Å². The molecular formula is C20H18N2O2. The second-order valence-electron chi connectivity index (χ2n) is 5.02. The molecule has 0 heterocycles. The van der Waals surface area contributed by atoms with Gasteiger partial charge in [-0.3, -0.25) is 4.79 Å². The van der Waals surface area contributed by atoms with Crippen LogP contribution in [0, 0.1) is 11.3 Å². The highest BCUT2D eigenvalue weighted by molar-refractivity contribution is 6.01. The molecule has 2 aromatic carbocycles. The van der Waals surface area contributed by atoms with Crippen LogP contribution in [0.25, 0.3) is 6.08 Å². The average Bonchev–Trinajstić information content (AvgIpc) is 2.63. The van der Waals surface area contributed by atoms with Crippen LogP contribution in [-0.2, 0) is 11.4 Å². The van der Waals surface area contributed by atoms with Crippen molar-refractivity contribution in [2.75, 3.05) is 6.54 Å². The standard InChI is InChI=1S/C20H18N2O2/c1-2-11-22-20(23)18(14-21)12-17-9-6-10-19(13-17)24-15-16-7-4-3-5-8-16/h2-10,12-13H,1,11,15H2,(H,22,23)/b18-12+. The van der Waals surface area contributed by atoms with Crippen molar-refractivity contribution in [2.24, 2.45) is 0 Å². The van der Waals surface area contributed by atoms with Gasteiger partial charge in [0.15, 0.2) is 0 Å². The van der Waals surface area contributed by atoms with Gasteiger partial charge in [0.05, 0.1) is 0 Å². The molecule has 0 saturated heterocycles. The van der Waals surface area contributed by atoms with Gasteiger partial charge in [0.1, 0.15) is 24.0 Å². The maximum Gasteiger partial charge on any atom is 0.262 e. The number of amides is 1. The normalized spacial score (nSPS) is 10.5. The number of nitrogens with one attached hydrogen (secondary N) is 1. The second kappa shape index (κ2) is 8.96. The molecule has 0 aliphatic carbocycles. The topological polar surface area (TPSA) is 62.1 Å². The van der Waals surface area contributed by atoms with E-state index in [9.17, 15) is 4.79 Å². The molecule has 0 aromatic heterocycles. The van der Waals surface area contributed by atoms with E-state index in [1.165, 1.54) is 6.08 Å². The van der Waals surface area contributed by atoms with Crippen LogP contribution in [-0.4, -0.2) is 12.5 Å². The third kappa shape index (κ3) is 5.15. The van der Waals surface area contributed by atoms with Gasteiger partial charge in [0, 0.05) is 6.54 Å². The largest absolute Gasteiger partial charge is 0.489 e. The average molecular weight is 318 g/mol. The quantitative estimate of drug-likeness (QED) is 0.483. The number of nitriles is 1. The van der Waals surface area contributed by atoms with Crippen molar-refractivity contribution >= 4 is 12.0 Å². The minimum Gasteiger partial charge on any atom is -0.489 e. The number of nitrogens with zero attached hydrogens (tertiary/aromatic N) is 1. The molecule has 1 amide bonds. The van der Waals surface area contributed by atoms with Gasteiger partial charge in [0.2, 0.25) is 0 Å². The second-order valence-corrected chi connectivity index (χ2v) is 5.02. The molecule has 0 spiro atoms. The molecule has 1 N–H and O–H groups in total. The van der Waals surface area contributed by atoms with Gasteiger partial charge in [-0.2, -0.15) is 5.26 Å². The predicted molar refractivity (Wildman–Crippen MR) is 94.0 cm³/mol. The van der Waals surface area contributed by atoms with Crippen LogP contribution in [0.3, 0.4) is 0 Å². The molecular weight excluding hydrogens is 300 g/mol. The molecule has 4 nitrogen and oxygen atoms in total. The zero-order valence-electron chi connectivity index (χ0n) is 13.2. The van der Waals surface area contributed by atoms with Gasteiger partial charge < -0.3 is 10.1 Å². The molecule has 0 aliphatic rings. The highest BCUT2D eigenvalue weighted by atomic mass is 16.5. The summed E-state index contributed by atoms with van der Waals surface area (Å²) in [5.41, 5.74) is 1.84. The Balaban J connectivity index is 2.08. The summed E-state index contributed by atoms with van der Waals surface area (Å²) in [7, 11) is 0. The van der Waals surface area contributed by atoms with Gasteiger partial charge in [-0.05, 0) is 29.3 Å². The number of hydrogen-bond acceptors (Lipinski definition) is 3. The van der Waals surface area contributed by atoms with Gasteiger partial charge in [-0.15, -0.1) is 6.58 Å². The van der Waals surface area contributed by atoms with Crippen molar-refractivity contribution in [2.45, 2.75) is 6.61 Å². The summed E-state index contributed by atoms with van der Waals surface area (Å²) in [6.07, 6.45) is 3.10. The number of benzene rings is 2. The number of hydrogen-bond donors (Lipinski definition) is 1. The third-order valence-electron chi connectivity index (χ3n) is 3.19. The molecule has 0 fully saturated rings. The number of carbonyl (C=O) groups excluding carboxylic acids is 1. The Morgan fingerprint density at radius 3 is 2.71 bits per heavy atom. The fourth-order valence-electron chi connectivity index (χ4n) is 2.01. The van der Waals surface area contributed by atoms with Gasteiger partial charge in [0.25, 0.3) is 5.91 Å². The van der Waals surface area contributed by atoms with Crippen LogP contribution in [0.5, 0.6) is 5.75 Å². The lowest BCUT2D eigenvalue weighted by molar-refractivity contribution is -0.116. The zero-order chi connectivity index (χ0) is 17.2. The molecule has 0 unspecified atom stereocenters. The Bertz CT molecular complexity index is 774.